The molecule has 7 nitrogen and oxygen atoms in total. The number of methoxy groups -OCH3 is 1. The zero-order valence-corrected chi connectivity index (χ0v) is 20.8. The standard InChI is InChI=1S/C25H32N4O3S/c1-16(2)18-6-8-19(9-7-18)23-22(24(31)32-5)17(3)26-25-29(23)20(15-33-25)14-21(30)28-12-10-27(4)11-13-28/h6-9,15-16,23H,10-14H2,1-5H3. The summed E-state index contributed by atoms with van der Waals surface area (Å²) in [7, 11) is 3.47. The van der Waals surface area contributed by atoms with E-state index in [2.05, 4.69) is 50.1 Å². The van der Waals surface area contributed by atoms with Crippen LogP contribution in [0.5, 0.6) is 0 Å². The summed E-state index contributed by atoms with van der Waals surface area (Å²) in [4.78, 5) is 36.9. The molecule has 1 atom stereocenters. The number of nitrogens with zero attached hydrogens (tertiary/aromatic N) is 4. The van der Waals surface area contributed by atoms with Gasteiger partial charge in [-0.3, -0.25) is 4.79 Å². The van der Waals surface area contributed by atoms with Crippen molar-refractivity contribution < 1.29 is 14.3 Å². The van der Waals surface area contributed by atoms with Crippen LogP contribution in [0.2, 0.25) is 0 Å². The fourth-order valence-corrected chi connectivity index (χ4v) is 5.41. The highest BCUT2D eigenvalue weighted by Crippen LogP contribution is 2.45. The van der Waals surface area contributed by atoms with Crippen molar-refractivity contribution >= 4 is 28.8 Å². The van der Waals surface area contributed by atoms with Crippen molar-refractivity contribution in [3.8, 4) is 0 Å². The normalized spacial score (nSPS) is 21.2. The molecule has 0 bridgehead atoms. The Kier molecular flexibility index (Phi) is 6.95. The van der Waals surface area contributed by atoms with Gasteiger partial charge in [-0.2, -0.15) is 0 Å². The average Bonchev–Trinajstić information content (AvgIpc) is 3.19. The number of piperazine rings is 1. The number of fused-ring (bicyclic) bond motifs is 1. The Morgan fingerprint density at radius 3 is 2.42 bits per heavy atom. The lowest BCUT2D eigenvalue weighted by Gasteiger charge is -2.37. The van der Waals surface area contributed by atoms with Crippen LogP contribution in [0.1, 0.15) is 50.3 Å². The van der Waals surface area contributed by atoms with Crippen LogP contribution in [0.4, 0.5) is 0 Å². The van der Waals surface area contributed by atoms with Gasteiger partial charge < -0.3 is 19.4 Å². The van der Waals surface area contributed by atoms with Crippen LogP contribution in [-0.4, -0.2) is 72.1 Å². The second kappa shape index (κ2) is 9.73. The van der Waals surface area contributed by atoms with Gasteiger partial charge in [-0.25, -0.2) is 9.79 Å². The minimum absolute atomic E-state index is 0.107. The summed E-state index contributed by atoms with van der Waals surface area (Å²) in [5.74, 6) is 0.129. The summed E-state index contributed by atoms with van der Waals surface area (Å²) in [5, 5.41) is 2.79. The number of thioether (sulfide) groups is 1. The van der Waals surface area contributed by atoms with Crippen molar-refractivity contribution in [1.82, 2.24) is 14.7 Å². The van der Waals surface area contributed by atoms with E-state index >= 15 is 0 Å². The second-order valence-electron chi connectivity index (χ2n) is 9.07. The van der Waals surface area contributed by atoms with Crippen molar-refractivity contribution in [1.29, 1.82) is 0 Å². The zero-order valence-electron chi connectivity index (χ0n) is 20.0. The molecule has 1 aromatic carbocycles. The molecule has 0 spiro atoms. The lowest BCUT2D eigenvalue weighted by atomic mass is 9.92. The first kappa shape index (κ1) is 23.6. The number of aliphatic imine (C=N–C) groups is 1. The maximum absolute atomic E-state index is 13.1. The van der Waals surface area contributed by atoms with Crippen LogP contribution in [-0.2, 0) is 14.3 Å². The summed E-state index contributed by atoms with van der Waals surface area (Å²) in [6.45, 7) is 9.41. The number of amides is 1. The van der Waals surface area contributed by atoms with Gasteiger partial charge in [-0.1, -0.05) is 49.9 Å². The molecule has 33 heavy (non-hydrogen) atoms. The third-order valence-corrected chi connectivity index (χ3v) is 7.40. The number of amidine groups is 1. The van der Waals surface area contributed by atoms with E-state index in [1.807, 2.05) is 22.1 Å². The van der Waals surface area contributed by atoms with E-state index in [4.69, 9.17) is 9.73 Å². The number of hydrogen-bond donors (Lipinski definition) is 0. The Hall–Kier alpha value is -2.58. The first-order chi connectivity index (χ1) is 15.8. The maximum Gasteiger partial charge on any atom is 0.338 e. The SMILES string of the molecule is COC(=O)C1=C(C)N=C2SC=C(CC(=O)N3CCN(C)CC3)N2C1c1ccc(C(C)C)cc1. The molecule has 3 aliphatic heterocycles. The van der Waals surface area contributed by atoms with E-state index in [9.17, 15) is 9.59 Å². The third kappa shape index (κ3) is 4.73. The number of likely N-dealkylation sites (N-methyl/N-ethyl adjacent to an activating group) is 1. The monoisotopic (exact) mass is 468 g/mol. The van der Waals surface area contributed by atoms with Crippen LogP contribution in [0.3, 0.4) is 0 Å². The van der Waals surface area contributed by atoms with Gasteiger partial charge in [0.05, 0.1) is 30.8 Å². The summed E-state index contributed by atoms with van der Waals surface area (Å²) in [6.07, 6.45) is 0.282. The second-order valence-corrected chi connectivity index (χ2v) is 9.90. The van der Waals surface area contributed by atoms with Crippen molar-refractivity contribution in [2.24, 2.45) is 4.99 Å². The Bertz CT molecular complexity index is 1020. The van der Waals surface area contributed by atoms with Gasteiger partial charge in [0, 0.05) is 31.9 Å². The highest BCUT2D eigenvalue weighted by atomic mass is 32.2. The molecular formula is C25H32N4O3S. The van der Waals surface area contributed by atoms with Gasteiger partial charge in [-0.05, 0) is 36.4 Å². The number of carbonyl (C=O) groups excluding carboxylic acids is 2. The maximum atomic E-state index is 13.1. The molecule has 1 aromatic rings. The molecule has 1 amide bonds. The predicted molar refractivity (Wildman–Crippen MR) is 132 cm³/mol. The quantitative estimate of drug-likeness (QED) is 0.614. The predicted octanol–water partition coefficient (Wildman–Crippen LogP) is 3.72. The number of ether oxygens (including phenoxy) is 1. The molecular weight excluding hydrogens is 436 g/mol. The summed E-state index contributed by atoms with van der Waals surface area (Å²) >= 11 is 1.50. The molecule has 0 saturated carbocycles. The van der Waals surface area contributed by atoms with E-state index in [0.717, 1.165) is 42.6 Å². The Labute approximate surface area is 200 Å². The molecule has 0 N–H and O–H groups in total. The topological polar surface area (TPSA) is 65.5 Å². The minimum atomic E-state index is -0.394. The first-order valence-electron chi connectivity index (χ1n) is 11.4. The highest BCUT2D eigenvalue weighted by Gasteiger charge is 2.41. The fourth-order valence-electron chi connectivity index (χ4n) is 4.44. The molecule has 3 heterocycles. The first-order valence-corrected chi connectivity index (χ1v) is 12.3. The Balaban J connectivity index is 1.66. The Morgan fingerprint density at radius 1 is 1.15 bits per heavy atom. The molecule has 4 rings (SSSR count). The number of carbonyl (C=O) groups is 2. The van der Waals surface area contributed by atoms with Gasteiger partial charge in [0.2, 0.25) is 5.91 Å². The molecule has 0 radical (unpaired) electrons. The molecule has 8 heteroatoms. The van der Waals surface area contributed by atoms with Gasteiger partial charge in [0.15, 0.2) is 5.17 Å². The molecule has 3 aliphatic rings. The number of esters is 1. The Morgan fingerprint density at radius 2 is 1.82 bits per heavy atom. The van der Waals surface area contributed by atoms with Crippen LogP contribution in [0, 0.1) is 0 Å². The lowest BCUT2D eigenvalue weighted by Crippen LogP contribution is -2.47. The number of benzene rings is 1. The van der Waals surface area contributed by atoms with Crippen LogP contribution in [0.15, 0.2) is 51.6 Å². The molecule has 176 valence electrons. The zero-order chi connectivity index (χ0) is 23.7. The van der Waals surface area contributed by atoms with Crippen molar-refractivity contribution in [3.05, 3.63) is 57.8 Å². The van der Waals surface area contributed by atoms with E-state index in [-0.39, 0.29) is 18.4 Å². The fraction of sp³-hybridized carbons (Fsp3) is 0.480. The van der Waals surface area contributed by atoms with E-state index < -0.39 is 5.97 Å². The van der Waals surface area contributed by atoms with Gasteiger partial charge in [0.25, 0.3) is 0 Å². The van der Waals surface area contributed by atoms with Crippen molar-refractivity contribution in [2.75, 3.05) is 40.3 Å². The summed E-state index contributed by atoms with van der Waals surface area (Å²) in [5.41, 5.74) is 4.25. The van der Waals surface area contributed by atoms with Gasteiger partial charge in [-0.15, -0.1) is 0 Å². The van der Waals surface area contributed by atoms with Crippen LogP contribution >= 0.6 is 11.8 Å². The number of allylic oxidation sites excluding steroid dienone is 1. The van der Waals surface area contributed by atoms with Crippen LogP contribution in [0.25, 0.3) is 0 Å². The average molecular weight is 469 g/mol. The summed E-state index contributed by atoms with van der Waals surface area (Å²) in [6, 6.07) is 7.98. The van der Waals surface area contributed by atoms with Crippen molar-refractivity contribution in [3.63, 3.8) is 0 Å². The third-order valence-electron chi connectivity index (χ3n) is 6.51. The smallest absolute Gasteiger partial charge is 0.338 e. The largest absolute Gasteiger partial charge is 0.466 e. The molecule has 1 saturated heterocycles. The van der Waals surface area contributed by atoms with Gasteiger partial charge in [0.1, 0.15) is 0 Å². The lowest BCUT2D eigenvalue weighted by molar-refractivity contribution is -0.136. The minimum Gasteiger partial charge on any atom is -0.466 e. The molecule has 1 unspecified atom stereocenters. The van der Waals surface area contributed by atoms with E-state index in [0.29, 0.717) is 17.2 Å². The van der Waals surface area contributed by atoms with E-state index in [1.54, 1.807) is 0 Å². The van der Waals surface area contributed by atoms with Crippen LogP contribution < -0.4 is 0 Å². The highest BCUT2D eigenvalue weighted by molar-refractivity contribution is 8.16. The molecule has 0 aliphatic carbocycles. The van der Waals surface area contributed by atoms with Gasteiger partial charge >= 0.3 is 5.97 Å². The number of rotatable bonds is 5. The number of hydrogen-bond acceptors (Lipinski definition) is 7. The van der Waals surface area contributed by atoms with Crippen molar-refractivity contribution in [2.45, 2.75) is 39.2 Å². The van der Waals surface area contributed by atoms with E-state index in [1.165, 1.54) is 24.4 Å². The molecule has 0 aromatic heterocycles. The summed E-state index contributed by atoms with van der Waals surface area (Å²) < 4.78 is 5.15. The molecule has 1 fully saturated rings.